The van der Waals surface area contributed by atoms with Crippen molar-refractivity contribution >= 4 is 33.1 Å². The number of halogens is 4. The Morgan fingerprint density at radius 2 is 1.97 bits per heavy atom. The Labute approximate surface area is 187 Å². The number of hydrogen-bond acceptors (Lipinski definition) is 7. The molecule has 13 heteroatoms. The van der Waals surface area contributed by atoms with E-state index < -0.39 is 44.4 Å². The normalized spacial score (nSPS) is 23.8. The minimum absolute atomic E-state index is 0.0470. The molecule has 2 aliphatic rings. The van der Waals surface area contributed by atoms with Crippen molar-refractivity contribution in [2.45, 2.75) is 56.7 Å². The first kappa shape index (κ1) is 24.6. The van der Waals surface area contributed by atoms with E-state index in [9.17, 15) is 30.8 Å². The Bertz CT molecular complexity index is 1040. The van der Waals surface area contributed by atoms with Crippen LogP contribution in [0.15, 0.2) is 23.2 Å². The number of ether oxygens (including phenoxy) is 1. The summed E-state index contributed by atoms with van der Waals surface area (Å²) in [6.45, 7) is 5.10. The lowest BCUT2D eigenvalue weighted by Crippen LogP contribution is -2.41. The number of thioether (sulfide) groups is 1. The van der Waals surface area contributed by atoms with Gasteiger partial charge in [0.1, 0.15) is 5.60 Å². The van der Waals surface area contributed by atoms with Crippen LogP contribution in [0.2, 0.25) is 0 Å². The second kappa shape index (κ2) is 8.40. The van der Waals surface area contributed by atoms with E-state index >= 15 is 0 Å². The molecular weight excluding hydrogens is 476 g/mol. The Kier molecular flexibility index (Phi) is 6.46. The number of carbonyl (C=O) groups excluding carboxylic acids is 1. The summed E-state index contributed by atoms with van der Waals surface area (Å²) < 4.78 is 84.2. The largest absolute Gasteiger partial charge is 0.534 e. The molecule has 1 N–H and O–H groups in total. The smallest absolute Gasteiger partial charge is 0.444 e. The number of hydrogen-bond donors (Lipinski definition) is 1. The van der Waals surface area contributed by atoms with Crippen LogP contribution in [0, 0.1) is 11.7 Å². The first-order chi connectivity index (χ1) is 14.6. The van der Waals surface area contributed by atoms with Crippen LogP contribution < -0.4 is 9.50 Å². The van der Waals surface area contributed by atoms with Crippen LogP contribution in [0.25, 0.3) is 0 Å². The molecule has 1 aliphatic carbocycles. The van der Waals surface area contributed by atoms with Gasteiger partial charge in [0.25, 0.3) is 0 Å². The van der Waals surface area contributed by atoms with Crippen LogP contribution in [0.3, 0.4) is 0 Å². The third-order valence-corrected chi connectivity index (χ3v) is 7.03. The van der Waals surface area contributed by atoms with E-state index in [1.807, 2.05) is 0 Å². The van der Waals surface area contributed by atoms with Crippen LogP contribution in [0.4, 0.5) is 22.4 Å². The fourth-order valence-electron chi connectivity index (χ4n) is 3.72. The van der Waals surface area contributed by atoms with Gasteiger partial charge in [-0.05, 0) is 57.2 Å². The van der Waals surface area contributed by atoms with Gasteiger partial charge in [-0.3, -0.25) is 10.3 Å². The van der Waals surface area contributed by atoms with Gasteiger partial charge >= 0.3 is 21.7 Å². The van der Waals surface area contributed by atoms with Crippen molar-refractivity contribution in [3.8, 4) is 5.75 Å². The zero-order valence-corrected chi connectivity index (χ0v) is 19.1. The topological polar surface area (TPSA) is 94.1 Å². The van der Waals surface area contributed by atoms with E-state index in [1.165, 1.54) is 17.8 Å². The molecule has 1 amide bonds. The highest BCUT2D eigenvalue weighted by atomic mass is 32.2. The molecule has 1 aromatic rings. The third kappa shape index (κ3) is 5.13. The van der Waals surface area contributed by atoms with Crippen molar-refractivity contribution in [1.82, 2.24) is 5.32 Å². The molecule has 2 atom stereocenters. The van der Waals surface area contributed by atoms with E-state index in [-0.39, 0.29) is 11.1 Å². The van der Waals surface area contributed by atoms with Gasteiger partial charge in [-0.15, -0.1) is 0 Å². The molecule has 1 aliphatic heterocycles. The standard InChI is InChI=1S/C19H22F4N2O5S2/c1-17(2,3)29-16(26)24-15-25-18(8-4-5-12(18)10-31-15)11-6-7-13(20)14(9-11)30-32(27,28)19(21,22)23/h6-7,9,12H,4-5,8,10H2,1-3H3,(H,24,25,26)/t12?,18-/m1/s1. The molecule has 32 heavy (non-hydrogen) atoms. The highest BCUT2D eigenvalue weighted by molar-refractivity contribution is 8.13. The molecule has 178 valence electrons. The minimum atomic E-state index is -6.04. The fourth-order valence-corrected chi connectivity index (χ4v) is 5.37. The summed E-state index contributed by atoms with van der Waals surface area (Å²) >= 11 is 1.30. The van der Waals surface area contributed by atoms with Crippen molar-refractivity contribution in [2.75, 3.05) is 5.75 Å². The number of amides is 1. The Balaban J connectivity index is 1.96. The van der Waals surface area contributed by atoms with Gasteiger partial charge in [-0.2, -0.15) is 21.6 Å². The highest BCUT2D eigenvalue weighted by Crippen LogP contribution is 2.51. The van der Waals surface area contributed by atoms with Gasteiger partial charge in [0.15, 0.2) is 16.7 Å². The van der Waals surface area contributed by atoms with Crippen molar-refractivity contribution < 1.29 is 39.7 Å². The number of fused-ring (bicyclic) bond motifs is 1. The number of rotatable bonds is 3. The lowest BCUT2D eigenvalue weighted by molar-refractivity contribution is -0.0501. The van der Waals surface area contributed by atoms with Gasteiger partial charge < -0.3 is 8.92 Å². The predicted octanol–water partition coefficient (Wildman–Crippen LogP) is 4.68. The summed E-state index contributed by atoms with van der Waals surface area (Å²) in [4.78, 5) is 16.8. The van der Waals surface area contributed by atoms with E-state index in [1.54, 1.807) is 20.8 Å². The second-order valence-corrected chi connectivity index (χ2v) is 11.0. The third-order valence-electron chi connectivity index (χ3n) is 5.03. The molecule has 1 aromatic carbocycles. The number of benzene rings is 1. The number of aliphatic imine (C=N–C) groups is 1. The van der Waals surface area contributed by atoms with E-state index in [2.05, 4.69) is 14.5 Å². The maximum Gasteiger partial charge on any atom is 0.534 e. The van der Waals surface area contributed by atoms with Gasteiger partial charge in [0.2, 0.25) is 0 Å². The summed E-state index contributed by atoms with van der Waals surface area (Å²) in [6, 6.07) is 3.12. The molecule has 7 nitrogen and oxygen atoms in total. The van der Waals surface area contributed by atoms with Crippen LogP contribution in [-0.4, -0.2) is 36.5 Å². The average molecular weight is 499 g/mol. The number of alkyl halides is 3. The number of amidine groups is 1. The molecule has 0 aromatic heterocycles. The zero-order valence-electron chi connectivity index (χ0n) is 17.5. The lowest BCUT2D eigenvalue weighted by atomic mass is 9.81. The number of carbonyl (C=O) groups is 1. The van der Waals surface area contributed by atoms with Crippen molar-refractivity contribution in [3.63, 3.8) is 0 Å². The monoisotopic (exact) mass is 498 g/mol. The van der Waals surface area contributed by atoms with Crippen molar-refractivity contribution in [3.05, 3.63) is 29.6 Å². The van der Waals surface area contributed by atoms with Crippen LogP contribution in [0.1, 0.15) is 45.6 Å². The summed E-state index contributed by atoms with van der Waals surface area (Å²) in [5, 5.41) is 2.83. The van der Waals surface area contributed by atoms with Crippen LogP contribution >= 0.6 is 11.8 Å². The SMILES string of the molecule is CC(C)(C)OC(=O)NC1=N[C@@]2(c3ccc(F)c(OS(=O)(=O)C(F)(F)F)c3)CCCC2CS1. The van der Waals surface area contributed by atoms with E-state index in [0.29, 0.717) is 17.7 Å². The van der Waals surface area contributed by atoms with Crippen LogP contribution in [-0.2, 0) is 20.4 Å². The molecule has 1 unspecified atom stereocenters. The maximum absolute atomic E-state index is 14.1. The quantitative estimate of drug-likeness (QED) is 0.370. The van der Waals surface area contributed by atoms with Gasteiger partial charge in [0.05, 0.1) is 5.54 Å². The van der Waals surface area contributed by atoms with Crippen LogP contribution in [0.5, 0.6) is 5.75 Å². The van der Waals surface area contributed by atoms with Crippen molar-refractivity contribution in [2.24, 2.45) is 10.9 Å². The summed E-state index contributed by atoms with van der Waals surface area (Å²) in [6.07, 6.45) is 1.26. The van der Waals surface area contributed by atoms with Crippen molar-refractivity contribution in [1.29, 1.82) is 0 Å². The summed E-state index contributed by atoms with van der Waals surface area (Å²) in [5.41, 5.74) is -7.10. The Morgan fingerprint density at radius 1 is 1.28 bits per heavy atom. The second-order valence-electron chi connectivity index (χ2n) is 8.50. The first-order valence-electron chi connectivity index (χ1n) is 9.66. The molecule has 0 radical (unpaired) electrons. The molecule has 0 spiro atoms. The van der Waals surface area contributed by atoms with Gasteiger partial charge in [-0.25, -0.2) is 9.18 Å². The van der Waals surface area contributed by atoms with E-state index in [4.69, 9.17) is 4.74 Å². The number of alkyl carbamates (subject to hydrolysis) is 1. The summed E-state index contributed by atoms with van der Waals surface area (Å²) in [5.74, 6) is -1.82. The maximum atomic E-state index is 14.1. The predicted molar refractivity (Wildman–Crippen MR) is 110 cm³/mol. The summed E-state index contributed by atoms with van der Waals surface area (Å²) in [7, 11) is -6.04. The molecular formula is C19H22F4N2O5S2. The average Bonchev–Trinajstić information content (AvgIpc) is 3.05. The first-order valence-corrected chi connectivity index (χ1v) is 12.1. The molecule has 1 saturated carbocycles. The van der Waals surface area contributed by atoms with Gasteiger partial charge in [-0.1, -0.05) is 24.2 Å². The fraction of sp³-hybridized carbons (Fsp3) is 0.579. The Morgan fingerprint density at radius 3 is 2.59 bits per heavy atom. The molecule has 1 heterocycles. The van der Waals surface area contributed by atoms with Gasteiger partial charge in [0, 0.05) is 5.75 Å². The highest BCUT2D eigenvalue weighted by Gasteiger charge is 2.50. The molecule has 1 fully saturated rings. The number of nitrogens with zero attached hydrogens (tertiary/aromatic N) is 1. The Hall–Kier alpha value is -2.02. The number of nitrogens with one attached hydrogen (secondary N) is 1. The molecule has 3 rings (SSSR count). The lowest BCUT2D eigenvalue weighted by Gasteiger charge is -2.36. The minimum Gasteiger partial charge on any atom is -0.444 e. The molecule has 0 saturated heterocycles. The molecule has 0 bridgehead atoms. The zero-order chi connectivity index (χ0) is 23.9. The van der Waals surface area contributed by atoms with E-state index in [0.717, 1.165) is 25.0 Å².